The molecule has 1 rings (SSSR count). The van der Waals surface area contributed by atoms with E-state index >= 15 is 0 Å². The summed E-state index contributed by atoms with van der Waals surface area (Å²) in [5.41, 5.74) is -2.19. The Morgan fingerprint density at radius 1 is 1.06 bits per heavy atom. The predicted molar refractivity (Wildman–Crippen MR) is 59.6 cm³/mol. The first kappa shape index (κ1) is 14.0. The Morgan fingerprint density at radius 2 is 1.65 bits per heavy atom. The highest BCUT2D eigenvalue weighted by Crippen LogP contribution is 2.36. The molecule has 0 aromatic heterocycles. The summed E-state index contributed by atoms with van der Waals surface area (Å²) in [4.78, 5) is 0. The van der Waals surface area contributed by atoms with Gasteiger partial charge in [-0.15, -0.1) is 0 Å². The van der Waals surface area contributed by atoms with E-state index in [-0.39, 0.29) is 11.1 Å². The average molecular weight is 248 g/mol. The predicted octanol–water partition coefficient (Wildman–Crippen LogP) is 4.86. The topological polar surface area (TPSA) is 0 Å². The van der Waals surface area contributed by atoms with Gasteiger partial charge in [0, 0.05) is 0 Å². The van der Waals surface area contributed by atoms with E-state index in [1.165, 1.54) is 26.0 Å². The van der Waals surface area contributed by atoms with Crippen LogP contribution in [0.2, 0.25) is 0 Å². The van der Waals surface area contributed by atoms with Crippen LogP contribution in [0.1, 0.15) is 43.9 Å². The van der Waals surface area contributed by atoms with Gasteiger partial charge in [-0.3, -0.25) is 0 Å². The number of hydrogen-bond acceptors (Lipinski definition) is 0. The smallest absolute Gasteiger partial charge is 0.239 e. The van der Waals surface area contributed by atoms with Crippen molar-refractivity contribution in [1.82, 2.24) is 0 Å². The molecule has 0 fully saturated rings. The molecule has 0 radical (unpaired) electrons. The van der Waals surface area contributed by atoms with Gasteiger partial charge in [0.25, 0.3) is 0 Å². The highest BCUT2D eigenvalue weighted by molar-refractivity contribution is 5.36. The second kappa shape index (κ2) is 4.67. The van der Waals surface area contributed by atoms with E-state index in [2.05, 4.69) is 0 Å². The summed E-state index contributed by atoms with van der Waals surface area (Å²) in [5.74, 6) is 0. The van der Waals surface area contributed by atoms with Gasteiger partial charge < -0.3 is 0 Å². The molecule has 0 spiro atoms. The number of alkyl halides is 4. The van der Waals surface area contributed by atoms with Gasteiger partial charge in [0.2, 0.25) is 0 Å². The Bertz CT molecular complexity index is 385. The lowest BCUT2D eigenvalue weighted by atomic mass is 9.93. The molecule has 1 aromatic rings. The van der Waals surface area contributed by atoms with E-state index in [1.54, 1.807) is 0 Å². The lowest BCUT2D eigenvalue weighted by Gasteiger charge is -2.19. The van der Waals surface area contributed by atoms with Crippen LogP contribution in [0.15, 0.2) is 18.2 Å². The molecule has 0 aliphatic heterocycles. The van der Waals surface area contributed by atoms with Crippen LogP contribution in [0.5, 0.6) is 0 Å². The van der Waals surface area contributed by atoms with E-state index in [0.717, 1.165) is 6.07 Å². The molecule has 17 heavy (non-hydrogen) atoms. The molecule has 0 N–H and O–H groups in total. The number of halogens is 4. The quantitative estimate of drug-likeness (QED) is 0.670. The molecule has 4 heteroatoms. The van der Waals surface area contributed by atoms with Gasteiger partial charge >= 0.3 is 6.18 Å². The van der Waals surface area contributed by atoms with E-state index in [0.29, 0.717) is 12.8 Å². The minimum atomic E-state index is -4.42. The van der Waals surface area contributed by atoms with Crippen LogP contribution in [0.4, 0.5) is 17.6 Å². The van der Waals surface area contributed by atoms with Crippen molar-refractivity contribution in [1.29, 1.82) is 0 Å². The third kappa shape index (κ3) is 3.45. The lowest BCUT2D eigenvalue weighted by molar-refractivity contribution is -0.138. The number of aryl methyl sites for hydroxylation is 1. The second-order valence-corrected chi connectivity index (χ2v) is 4.59. The molecule has 1 aromatic carbocycles. The maximum absolute atomic E-state index is 13.6. The molecule has 0 aliphatic carbocycles. The number of hydrogen-bond donors (Lipinski definition) is 0. The Kier molecular flexibility index (Phi) is 3.84. The zero-order chi connectivity index (χ0) is 13.3. The van der Waals surface area contributed by atoms with Crippen LogP contribution in [-0.4, -0.2) is 0 Å². The summed E-state index contributed by atoms with van der Waals surface area (Å²) in [6, 6.07) is 3.73. The van der Waals surface area contributed by atoms with Crippen LogP contribution < -0.4 is 0 Å². The van der Waals surface area contributed by atoms with Crippen molar-refractivity contribution in [3.05, 3.63) is 34.9 Å². The van der Waals surface area contributed by atoms with Crippen molar-refractivity contribution in [3.8, 4) is 0 Å². The normalized spacial score (nSPS) is 12.9. The molecule has 0 aliphatic rings. The summed E-state index contributed by atoms with van der Waals surface area (Å²) in [6.45, 7) is 4.32. The summed E-state index contributed by atoms with van der Waals surface area (Å²) in [7, 11) is 0. The first-order valence-electron chi connectivity index (χ1n) is 5.55. The van der Waals surface area contributed by atoms with Crippen molar-refractivity contribution in [2.45, 2.75) is 45.5 Å². The summed E-state index contributed by atoms with van der Waals surface area (Å²) < 4.78 is 52.1. The Balaban J connectivity index is 3.30. The fourth-order valence-corrected chi connectivity index (χ4v) is 1.70. The molecule has 96 valence electrons. The molecule has 0 bridgehead atoms. The summed E-state index contributed by atoms with van der Waals surface area (Å²) in [5, 5.41) is 0. The van der Waals surface area contributed by atoms with Crippen molar-refractivity contribution < 1.29 is 17.6 Å². The van der Waals surface area contributed by atoms with E-state index in [1.807, 2.05) is 6.92 Å². The minimum absolute atomic E-state index is 0.0599. The Morgan fingerprint density at radius 3 is 2.06 bits per heavy atom. The summed E-state index contributed by atoms with van der Waals surface area (Å²) in [6.07, 6.45) is -3.45. The van der Waals surface area contributed by atoms with Crippen molar-refractivity contribution in [2.24, 2.45) is 0 Å². The first-order valence-corrected chi connectivity index (χ1v) is 5.55. The molecule has 0 amide bonds. The van der Waals surface area contributed by atoms with Crippen LogP contribution in [0, 0.1) is 0 Å². The van der Waals surface area contributed by atoms with Crippen LogP contribution in [0.3, 0.4) is 0 Å². The SMILES string of the molecule is CCCc1ccc(C(C)(C)F)cc1C(F)(F)F. The molecule has 0 saturated carbocycles. The zero-order valence-corrected chi connectivity index (χ0v) is 10.2. The molecule has 0 saturated heterocycles. The minimum Gasteiger partial charge on any atom is -0.239 e. The summed E-state index contributed by atoms with van der Waals surface area (Å²) >= 11 is 0. The van der Waals surface area contributed by atoms with Gasteiger partial charge in [0.1, 0.15) is 5.67 Å². The third-order valence-corrected chi connectivity index (χ3v) is 2.62. The largest absolute Gasteiger partial charge is 0.416 e. The van der Waals surface area contributed by atoms with Gasteiger partial charge in [-0.25, -0.2) is 4.39 Å². The standard InChI is InChI=1S/C13H16F4/c1-4-5-9-6-7-10(12(2,3)14)8-11(9)13(15,16)17/h6-8H,4-5H2,1-3H3. The average Bonchev–Trinajstić information content (AvgIpc) is 2.15. The maximum Gasteiger partial charge on any atom is 0.416 e. The van der Waals surface area contributed by atoms with Crippen molar-refractivity contribution in [3.63, 3.8) is 0 Å². The third-order valence-electron chi connectivity index (χ3n) is 2.62. The van der Waals surface area contributed by atoms with Gasteiger partial charge in [-0.05, 0) is 37.5 Å². The monoisotopic (exact) mass is 248 g/mol. The molecule has 0 unspecified atom stereocenters. The van der Waals surface area contributed by atoms with E-state index < -0.39 is 17.4 Å². The van der Waals surface area contributed by atoms with E-state index in [4.69, 9.17) is 0 Å². The maximum atomic E-state index is 13.6. The fourth-order valence-electron chi connectivity index (χ4n) is 1.70. The molecule has 0 atom stereocenters. The molecular formula is C13H16F4. The van der Waals surface area contributed by atoms with Crippen molar-refractivity contribution >= 4 is 0 Å². The highest BCUT2D eigenvalue weighted by Gasteiger charge is 2.34. The van der Waals surface area contributed by atoms with Gasteiger partial charge in [0.05, 0.1) is 5.56 Å². The number of benzene rings is 1. The highest BCUT2D eigenvalue weighted by atomic mass is 19.4. The van der Waals surface area contributed by atoms with Crippen LogP contribution >= 0.6 is 0 Å². The van der Waals surface area contributed by atoms with Crippen molar-refractivity contribution in [2.75, 3.05) is 0 Å². The van der Waals surface area contributed by atoms with Gasteiger partial charge in [-0.2, -0.15) is 13.2 Å². The van der Waals surface area contributed by atoms with Crippen LogP contribution in [0.25, 0.3) is 0 Å². The lowest BCUT2D eigenvalue weighted by Crippen LogP contribution is -2.14. The van der Waals surface area contributed by atoms with E-state index in [9.17, 15) is 17.6 Å². The van der Waals surface area contributed by atoms with Gasteiger partial charge in [0.15, 0.2) is 0 Å². The molecular weight excluding hydrogens is 232 g/mol. The Labute approximate surface area is 98.6 Å². The first-order chi connectivity index (χ1) is 7.66. The Hall–Kier alpha value is -1.06. The molecule has 0 nitrogen and oxygen atoms in total. The number of rotatable bonds is 3. The second-order valence-electron chi connectivity index (χ2n) is 4.59. The zero-order valence-electron chi connectivity index (χ0n) is 10.2. The molecule has 0 heterocycles. The van der Waals surface area contributed by atoms with Gasteiger partial charge in [-0.1, -0.05) is 25.5 Å². The van der Waals surface area contributed by atoms with Crippen LogP contribution in [-0.2, 0) is 18.3 Å². The fraction of sp³-hybridized carbons (Fsp3) is 0.538.